The molecule has 24 heavy (non-hydrogen) atoms. The highest BCUT2D eigenvalue weighted by molar-refractivity contribution is 7.89. The minimum absolute atomic E-state index is 0.0469. The van der Waals surface area contributed by atoms with E-state index in [1.54, 1.807) is 0 Å². The van der Waals surface area contributed by atoms with Gasteiger partial charge < -0.3 is 9.73 Å². The minimum atomic E-state index is -3.50. The molecule has 128 valence electrons. The summed E-state index contributed by atoms with van der Waals surface area (Å²) in [5.74, 6) is 0.839. The lowest BCUT2D eigenvalue weighted by molar-refractivity contribution is 0.0947. The normalized spacial score (nSPS) is 14.6. The molecule has 0 unspecified atom stereocenters. The van der Waals surface area contributed by atoms with E-state index in [2.05, 4.69) is 15.0 Å². The van der Waals surface area contributed by atoms with Crippen molar-refractivity contribution in [3.8, 4) is 0 Å². The Bertz CT molecular complexity index is 832. The summed E-state index contributed by atoms with van der Waals surface area (Å²) < 4.78 is 32.1. The standard InChI is InChI=1S/C16H19N3O4S/c1-10-11(2)23-15(18-10)9-17-16(20)12-3-7-14(8-4-12)24(21,22)19-13-5-6-13/h3-4,7-8,13,19H,5-6,9H2,1-2H3,(H,17,20). The maximum atomic E-state index is 12.1. The van der Waals surface area contributed by atoms with E-state index in [0.29, 0.717) is 11.5 Å². The fraction of sp³-hybridized carbons (Fsp3) is 0.375. The average Bonchev–Trinajstić information content (AvgIpc) is 3.29. The molecule has 0 atom stereocenters. The van der Waals surface area contributed by atoms with E-state index < -0.39 is 10.0 Å². The monoisotopic (exact) mass is 349 g/mol. The van der Waals surface area contributed by atoms with E-state index >= 15 is 0 Å². The molecule has 1 heterocycles. The molecule has 0 bridgehead atoms. The van der Waals surface area contributed by atoms with E-state index in [9.17, 15) is 13.2 Å². The van der Waals surface area contributed by atoms with Crippen LogP contribution in [0.25, 0.3) is 0 Å². The van der Waals surface area contributed by atoms with E-state index in [-0.39, 0.29) is 23.4 Å². The van der Waals surface area contributed by atoms with Crippen LogP contribution in [0.5, 0.6) is 0 Å². The van der Waals surface area contributed by atoms with Crippen molar-refractivity contribution < 1.29 is 17.6 Å². The van der Waals surface area contributed by atoms with Gasteiger partial charge in [0.25, 0.3) is 5.91 Å². The number of aromatic nitrogens is 1. The smallest absolute Gasteiger partial charge is 0.251 e. The second-order valence-corrected chi connectivity index (χ2v) is 7.57. The Morgan fingerprint density at radius 3 is 2.46 bits per heavy atom. The first-order chi connectivity index (χ1) is 11.3. The minimum Gasteiger partial charge on any atom is -0.444 e. The van der Waals surface area contributed by atoms with Crippen LogP contribution in [-0.4, -0.2) is 25.4 Å². The van der Waals surface area contributed by atoms with Gasteiger partial charge in [-0.15, -0.1) is 0 Å². The second kappa shape index (κ2) is 6.37. The lowest BCUT2D eigenvalue weighted by Gasteiger charge is -2.07. The molecule has 1 aromatic carbocycles. The topological polar surface area (TPSA) is 101 Å². The fourth-order valence-electron chi connectivity index (χ4n) is 2.15. The molecule has 1 amide bonds. The molecule has 0 saturated heterocycles. The Labute approximate surface area is 140 Å². The van der Waals surface area contributed by atoms with Crippen molar-refractivity contribution in [1.29, 1.82) is 0 Å². The highest BCUT2D eigenvalue weighted by Gasteiger charge is 2.27. The molecule has 1 saturated carbocycles. The van der Waals surface area contributed by atoms with Crippen LogP contribution in [0.3, 0.4) is 0 Å². The van der Waals surface area contributed by atoms with Gasteiger partial charge in [0.2, 0.25) is 15.9 Å². The van der Waals surface area contributed by atoms with Gasteiger partial charge in [0.05, 0.1) is 17.1 Å². The van der Waals surface area contributed by atoms with Crippen molar-refractivity contribution in [2.75, 3.05) is 0 Å². The van der Waals surface area contributed by atoms with Crippen molar-refractivity contribution in [2.45, 2.75) is 44.2 Å². The van der Waals surface area contributed by atoms with E-state index in [4.69, 9.17) is 4.42 Å². The van der Waals surface area contributed by atoms with Crippen LogP contribution in [0.2, 0.25) is 0 Å². The molecule has 3 rings (SSSR count). The molecule has 1 aliphatic carbocycles. The average molecular weight is 349 g/mol. The highest BCUT2D eigenvalue weighted by atomic mass is 32.2. The van der Waals surface area contributed by atoms with Crippen LogP contribution in [0.1, 0.15) is 40.5 Å². The molecular weight excluding hydrogens is 330 g/mol. The zero-order valence-corrected chi connectivity index (χ0v) is 14.3. The maximum absolute atomic E-state index is 12.1. The third-order valence-corrected chi connectivity index (χ3v) is 5.34. The largest absolute Gasteiger partial charge is 0.444 e. The Morgan fingerprint density at radius 2 is 1.92 bits per heavy atom. The van der Waals surface area contributed by atoms with Crippen molar-refractivity contribution in [2.24, 2.45) is 0 Å². The number of nitrogens with one attached hydrogen (secondary N) is 2. The van der Waals surface area contributed by atoms with E-state index in [1.807, 2.05) is 13.8 Å². The number of oxazole rings is 1. The molecule has 0 aliphatic heterocycles. The first kappa shape index (κ1) is 16.7. The highest BCUT2D eigenvalue weighted by Crippen LogP contribution is 2.22. The van der Waals surface area contributed by atoms with Crippen LogP contribution in [0, 0.1) is 13.8 Å². The first-order valence-electron chi connectivity index (χ1n) is 7.68. The summed E-state index contributed by atoms with van der Waals surface area (Å²) in [4.78, 5) is 16.5. The summed E-state index contributed by atoms with van der Waals surface area (Å²) in [6, 6.07) is 5.88. The SMILES string of the molecule is Cc1nc(CNC(=O)c2ccc(S(=O)(=O)NC3CC3)cc2)oc1C. The lowest BCUT2D eigenvalue weighted by atomic mass is 10.2. The zero-order chi connectivity index (χ0) is 17.3. The fourth-order valence-corrected chi connectivity index (χ4v) is 3.45. The van der Waals surface area contributed by atoms with Crippen molar-refractivity contribution >= 4 is 15.9 Å². The predicted octanol–water partition coefficient (Wildman–Crippen LogP) is 1.66. The van der Waals surface area contributed by atoms with Gasteiger partial charge in [-0.05, 0) is 51.0 Å². The molecule has 2 aromatic rings. The summed E-state index contributed by atoms with van der Waals surface area (Å²) in [5.41, 5.74) is 1.16. The number of hydrogen-bond donors (Lipinski definition) is 2. The summed E-state index contributed by atoms with van der Waals surface area (Å²) in [5, 5.41) is 2.70. The van der Waals surface area contributed by atoms with Crippen molar-refractivity contribution in [3.63, 3.8) is 0 Å². The number of sulfonamides is 1. The number of benzene rings is 1. The summed E-state index contributed by atoms with van der Waals surface area (Å²) in [6.45, 7) is 3.82. The Balaban J connectivity index is 1.63. The number of nitrogens with zero attached hydrogens (tertiary/aromatic N) is 1. The Hall–Kier alpha value is -2.19. The van der Waals surface area contributed by atoms with E-state index in [1.165, 1.54) is 24.3 Å². The first-order valence-corrected chi connectivity index (χ1v) is 9.17. The quantitative estimate of drug-likeness (QED) is 0.826. The summed E-state index contributed by atoms with van der Waals surface area (Å²) in [7, 11) is -3.50. The van der Waals surface area contributed by atoms with Gasteiger partial charge in [-0.3, -0.25) is 4.79 Å². The summed E-state index contributed by atoms with van der Waals surface area (Å²) >= 11 is 0. The summed E-state index contributed by atoms with van der Waals surface area (Å²) in [6.07, 6.45) is 1.75. The number of carbonyl (C=O) groups is 1. The van der Waals surface area contributed by atoms with Crippen LogP contribution < -0.4 is 10.0 Å². The maximum Gasteiger partial charge on any atom is 0.251 e. The predicted molar refractivity (Wildman–Crippen MR) is 86.9 cm³/mol. The molecule has 0 spiro atoms. The molecule has 1 aromatic heterocycles. The molecule has 1 aliphatic rings. The number of hydrogen-bond acceptors (Lipinski definition) is 5. The number of rotatable bonds is 6. The van der Waals surface area contributed by atoms with Crippen LogP contribution >= 0.6 is 0 Å². The number of amides is 1. The number of aryl methyl sites for hydroxylation is 2. The van der Waals surface area contributed by atoms with Gasteiger partial charge in [-0.1, -0.05) is 0 Å². The van der Waals surface area contributed by atoms with E-state index in [0.717, 1.165) is 24.3 Å². The lowest BCUT2D eigenvalue weighted by Crippen LogP contribution is -2.26. The number of carbonyl (C=O) groups excluding carboxylic acids is 1. The van der Waals surface area contributed by atoms with Crippen LogP contribution in [0.4, 0.5) is 0 Å². The zero-order valence-electron chi connectivity index (χ0n) is 13.5. The molecule has 7 nitrogen and oxygen atoms in total. The van der Waals surface area contributed by atoms with Gasteiger partial charge in [-0.2, -0.15) is 0 Å². The van der Waals surface area contributed by atoms with Gasteiger partial charge in [-0.25, -0.2) is 18.1 Å². The van der Waals surface area contributed by atoms with Crippen molar-refractivity contribution in [1.82, 2.24) is 15.0 Å². The van der Waals surface area contributed by atoms with Gasteiger partial charge >= 0.3 is 0 Å². The third kappa shape index (κ3) is 3.82. The van der Waals surface area contributed by atoms with Crippen molar-refractivity contribution in [3.05, 3.63) is 47.2 Å². The molecular formula is C16H19N3O4S. The van der Waals surface area contributed by atoms with Gasteiger partial charge in [0.15, 0.2) is 0 Å². The Kier molecular flexibility index (Phi) is 4.42. The molecule has 2 N–H and O–H groups in total. The molecule has 1 fully saturated rings. The van der Waals surface area contributed by atoms with Gasteiger partial charge in [0.1, 0.15) is 5.76 Å². The molecule has 0 radical (unpaired) electrons. The molecule has 8 heteroatoms. The second-order valence-electron chi connectivity index (χ2n) is 5.85. The third-order valence-electron chi connectivity index (χ3n) is 3.80. The van der Waals surface area contributed by atoms with Crippen LogP contribution in [-0.2, 0) is 16.6 Å². The van der Waals surface area contributed by atoms with Gasteiger partial charge in [0, 0.05) is 11.6 Å². The van der Waals surface area contributed by atoms with Crippen LogP contribution in [0.15, 0.2) is 33.6 Å². The Morgan fingerprint density at radius 1 is 1.25 bits per heavy atom.